The fourth-order valence-corrected chi connectivity index (χ4v) is 5.86. The molecule has 8 nitrogen and oxygen atoms in total. The number of benzene rings is 2. The van der Waals surface area contributed by atoms with Gasteiger partial charge in [-0.25, -0.2) is 9.18 Å². The Hall–Kier alpha value is -3.33. The summed E-state index contributed by atoms with van der Waals surface area (Å²) in [6.07, 6.45) is 7.04. The van der Waals surface area contributed by atoms with Crippen LogP contribution in [0.25, 0.3) is 11.0 Å². The van der Waals surface area contributed by atoms with Gasteiger partial charge in [-0.3, -0.25) is 0 Å². The van der Waals surface area contributed by atoms with E-state index >= 15 is 0 Å². The van der Waals surface area contributed by atoms with Gasteiger partial charge in [-0.1, -0.05) is 5.16 Å². The number of likely N-dealkylation sites (tertiary alicyclic amines) is 1. The first-order valence-electron chi connectivity index (χ1n) is 13.3. The van der Waals surface area contributed by atoms with Gasteiger partial charge in [-0.05, 0) is 94.8 Å². The Balaban J connectivity index is 0.900. The van der Waals surface area contributed by atoms with E-state index in [0.717, 1.165) is 69.2 Å². The van der Waals surface area contributed by atoms with Gasteiger partial charge in [0.25, 0.3) is 0 Å². The van der Waals surface area contributed by atoms with Crippen LogP contribution in [-0.2, 0) is 0 Å². The average molecular weight is 510 g/mol. The van der Waals surface area contributed by atoms with E-state index in [1.54, 1.807) is 24.3 Å². The molecule has 1 saturated heterocycles. The lowest BCUT2D eigenvalue weighted by Crippen LogP contribution is -2.40. The van der Waals surface area contributed by atoms with Gasteiger partial charge in [0.2, 0.25) is 6.79 Å². The minimum absolute atomic E-state index is 0.152. The summed E-state index contributed by atoms with van der Waals surface area (Å²) in [5.74, 6) is 2.47. The monoisotopic (exact) mass is 509 g/mol. The molecule has 3 aromatic rings. The molecular weight excluding hydrogens is 477 g/mol. The summed E-state index contributed by atoms with van der Waals surface area (Å²) in [6.45, 7) is 3.38. The predicted molar refractivity (Wildman–Crippen MR) is 134 cm³/mol. The number of halogens is 1. The van der Waals surface area contributed by atoms with Gasteiger partial charge < -0.3 is 29.0 Å². The fourth-order valence-electron chi connectivity index (χ4n) is 5.86. The summed E-state index contributed by atoms with van der Waals surface area (Å²) >= 11 is 0. The number of piperidine rings is 1. The molecule has 1 aromatic heterocycles. The summed E-state index contributed by atoms with van der Waals surface area (Å²) in [5, 5.41) is 8.21. The molecule has 2 aromatic carbocycles. The highest BCUT2D eigenvalue weighted by Crippen LogP contribution is 2.36. The van der Waals surface area contributed by atoms with Crippen molar-refractivity contribution in [3.05, 3.63) is 47.9 Å². The molecule has 1 saturated carbocycles. The molecule has 2 aliphatic heterocycles. The summed E-state index contributed by atoms with van der Waals surface area (Å²) in [6, 6.07) is 9.96. The van der Waals surface area contributed by atoms with Crippen molar-refractivity contribution in [1.82, 2.24) is 15.4 Å². The third-order valence-corrected chi connectivity index (χ3v) is 8.01. The Labute approximate surface area is 215 Å². The van der Waals surface area contributed by atoms with Crippen LogP contribution in [0.3, 0.4) is 0 Å². The van der Waals surface area contributed by atoms with Gasteiger partial charge in [-0.2, -0.15) is 0 Å². The largest absolute Gasteiger partial charge is 0.454 e. The molecule has 6 rings (SSSR count). The van der Waals surface area contributed by atoms with Gasteiger partial charge in [0.05, 0.1) is 5.69 Å². The van der Waals surface area contributed by atoms with E-state index in [1.807, 2.05) is 0 Å². The number of nitrogens with zero attached hydrogens (tertiary/aromatic N) is 2. The fraction of sp³-hybridized carbons (Fsp3) is 0.500. The minimum Gasteiger partial charge on any atom is -0.454 e. The summed E-state index contributed by atoms with van der Waals surface area (Å²) < 4.78 is 34.9. The van der Waals surface area contributed by atoms with Gasteiger partial charge in [0, 0.05) is 29.5 Å². The molecule has 1 N–H and O–H groups in total. The topological polar surface area (TPSA) is 86.1 Å². The molecule has 1 aliphatic carbocycles. The number of carbonyl (C=O) groups is 1. The smallest absolute Gasteiger partial charge is 0.412 e. The number of nitrogens with one attached hydrogen (secondary N) is 1. The molecule has 9 heteroatoms. The zero-order valence-electron chi connectivity index (χ0n) is 20.8. The van der Waals surface area contributed by atoms with Crippen molar-refractivity contribution >= 4 is 17.1 Å². The van der Waals surface area contributed by atoms with Crippen molar-refractivity contribution in [3.8, 4) is 17.2 Å². The summed E-state index contributed by atoms with van der Waals surface area (Å²) in [7, 11) is 0. The summed E-state index contributed by atoms with van der Waals surface area (Å²) in [4.78, 5) is 14.9. The van der Waals surface area contributed by atoms with Crippen LogP contribution in [0.2, 0.25) is 0 Å². The lowest BCUT2D eigenvalue weighted by molar-refractivity contribution is 0.172. The molecule has 0 spiro atoms. The Morgan fingerprint density at radius 2 is 1.84 bits per heavy atom. The first-order chi connectivity index (χ1) is 18.1. The van der Waals surface area contributed by atoms with E-state index in [-0.39, 0.29) is 18.7 Å². The molecule has 0 unspecified atom stereocenters. The standard InChI is InChI=1S/C28H32FN3O5/c29-20-3-7-23-25(15-20)37-31-27(23)19-10-13-32(14-11-19)12-9-18-1-4-21(5-2-18)30-28(33)36-22-6-8-24-26(16-22)35-17-34-24/h3,6-8,15-16,18-19,21H,1-2,4-5,9-14,17H2,(H,30,33). The van der Waals surface area contributed by atoms with Crippen LogP contribution in [0.4, 0.5) is 9.18 Å². The molecule has 3 aliphatic rings. The van der Waals surface area contributed by atoms with Crippen molar-refractivity contribution in [2.24, 2.45) is 5.92 Å². The molecule has 0 radical (unpaired) electrons. The maximum atomic E-state index is 13.4. The Morgan fingerprint density at radius 3 is 2.68 bits per heavy atom. The van der Waals surface area contributed by atoms with Crippen molar-refractivity contribution < 1.29 is 27.9 Å². The van der Waals surface area contributed by atoms with Gasteiger partial charge in [-0.15, -0.1) is 0 Å². The first-order valence-corrected chi connectivity index (χ1v) is 13.3. The van der Waals surface area contributed by atoms with Crippen molar-refractivity contribution in [1.29, 1.82) is 0 Å². The highest BCUT2D eigenvalue weighted by Gasteiger charge is 2.27. The van der Waals surface area contributed by atoms with Crippen LogP contribution >= 0.6 is 0 Å². The van der Waals surface area contributed by atoms with Crippen LogP contribution in [0.1, 0.15) is 56.6 Å². The zero-order valence-corrected chi connectivity index (χ0v) is 20.8. The Bertz CT molecular complexity index is 1250. The second-order valence-electron chi connectivity index (χ2n) is 10.4. The van der Waals surface area contributed by atoms with E-state index < -0.39 is 6.09 Å². The number of amides is 1. The number of hydrogen-bond acceptors (Lipinski definition) is 7. The zero-order chi connectivity index (χ0) is 25.2. The molecule has 37 heavy (non-hydrogen) atoms. The third-order valence-electron chi connectivity index (χ3n) is 8.01. The van der Waals surface area contributed by atoms with Crippen LogP contribution < -0.4 is 19.5 Å². The Morgan fingerprint density at radius 1 is 1.03 bits per heavy atom. The van der Waals surface area contributed by atoms with E-state index in [2.05, 4.69) is 15.4 Å². The average Bonchev–Trinajstić information content (AvgIpc) is 3.55. The van der Waals surface area contributed by atoms with E-state index in [4.69, 9.17) is 18.7 Å². The molecule has 0 bridgehead atoms. The van der Waals surface area contributed by atoms with Gasteiger partial charge in [0.15, 0.2) is 17.1 Å². The normalized spacial score (nSPS) is 22.3. The number of carbonyl (C=O) groups excluding carboxylic acids is 1. The predicted octanol–water partition coefficient (Wildman–Crippen LogP) is 5.61. The summed E-state index contributed by atoms with van der Waals surface area (Å²) in [5.41, 5.74) is 1.50. The second kappa shape index (κ2) is 10.6. The third kappa shape index (κ3) is 5.51. The number of fused-ring (bicyclic) bond motifs is 2. The number of aromatic nitrogens is 1. The van der Waals surface area contributed by atoms with Gasteiger partial charge >= 0.3 is 6.09 Å². The van der Waals surface area contributed by atoms with Crippen molar-refractivity contribution in [2.45, 2.75) is 56.9 Å². The first kappa shape index (κ1) is 24.0. The van der Waals surface area contributed by atoms with Gasteiger partial charge in [0.1, 0.15) is 11.6 Å². The quantitative estimate of drug-likeness (QED) is 0.462. The Kier molecular flexibility index (Phi) is 6.87. The second-order valence-corrected chi connectivity index (χ2v) is 10.4. The molecule has 3 heterocycles. The highest BCUT2D eigenvalue weighted by atomic mass is 19.1. The molecule has 0 atom stereocenters. The van der Waals surface area contributed by atoms with Crippen molar-refractivity contribution in [2.75, 3.05) is 26.4 Å². The molecule has 2 fully saturated rings. The van der Waals surface area contributed by atoms with Crippen LogP contribution in [0.15, 0.2) is 40.9 Å². The molecule has 196 valence electrons. The van der Waals surface area contributed by atoms with Crippen LogP contribution in [-0.4, -0.2) is 48.6 Å². The number of rotatable bonds is 6. The lowest BCUT2D eigenvalue weighted by atomic mass is 9.84. The highest BCUT2D eigenvalue weighted by molar-refractivity contribution is 5.80. The van der Waals surface area contributed by atoms with E-state index in [1.165, 1.54) is 18.6 Å². The minimum atomic E-state index is -0.421. The maximum absolute atomic E-state index is 13.4. The van der Waals surface area contributed by atoms with E-state index in [9.17, 15) is 9.18 Å². The number of hydrogen-bond donors (Lipinski definition) is 1. The molecule has 1 amide bonds. The van der Waals surface area contributed by atoms with Crippen LogP contribution in [0.5, 0.6) is 17.2 Å². The van der Waals surface area contributed by atoms with Crippen LogP contribution in [0, 0.1) is 11.7 Å². The number of ether oxygens (including phenoxy) is 3. The lowest BCUT2D eigenvalue weighted by Gasteiger charge is -2.34. The molecular formula is C28H32FN3O5. The SMILES string of the molecule is O=C(NC1CCC(CCN2CCC(c3noc4cc(F)ccc34)CC2)CC1)Oc1ccc2c(c1)OCO2. The van der Waals surface area contributed by atoms with Crippen molar-refractivity contribution in [3.63, 3.8) is 0 Å². The van der Waals surface area contributed by atoms with E-state index in [0.29, 0.717) is 34.7 Å². The maximum Gasteiger partial charge on any atom is 0.412 e.